The third-order valence-corrected chi connectivity index (χ3v) is 3.23. The lowest BCUT2D eigenvalue weighted by Crippen LogP contribution is -2.15. The molecule has 21 heavy (non-hydrogen) atoms. The molecular weight excluding hydrogens is 254 g/mol. The summed E-state index contributed by atoms with van der Waals surface area (Å²) in [5, 5.41) is 0. The van der Waals surface area contributed by atoms with Crippen LogP contribution in [0.2, 0.25) is 0 Å². The lowest BCUT2D eigenvalue weighted by atomic mass is 10.1. The van der Waals surface area contributed by atoms with Gasteiger partial charge in [-0.2, -0.15) is 0 Å². The van der Waals surface area contributed by atoms with Crippen molar-refractivity contribution in [2.24, 2.45) is 0 Å². The van der Waals surface area contributed by atoms with Crippen LogP contribution >= 0.6 is 0 Å². The molecule has 0 fully saturated rings. The molecule has 0 radical (unpaired) electrons. The van der Waals surface area contributed by atoms with Crippen molar-refractivity contribution in [3.8, 4) is 0 Å². The summed E-state index contributed by atoms with van der Waals surface area (Å²) < 4.78 is 0. The van der Waals surface area contributed by atoms with E-state index in [0.717, 1.165) is 17.1 Å². The Morgan fingerprint density at radius 2 is 1.71 bits per heavy atom. The summed E-state index contributed by atoms with van der Waals surface area (Å²) >= 11 is 0. The highest BCUT2D eigenvalue weighted by molar-refractivity contribution is 5.70. The van der Waals surface area contributed by atoms with Gasteiger partial charge in [0.05, 0.1) is 0 Å². The predicted octanol–water partition coefficient (Wildman–Crippen LogP) is 5.78. The highest BCUT2D eigenvalue weighted by atomic mass is 15.1. The first kappa shape index (κ1) is 14.9. The molecule has 0 aliphatic carbocycles. The van der Waals surface area contributed by atoms with Crippen LogP contribution in [0, 0.1) is 6.92 Å². The van der Waals surface area contributed by atoms with Crippen LogP contribution in [0.4, 0.5) is 11.4 Å². The Hall–Kier alpha value is -2.54. The molecule has 2 rings (SSSR count). The largest absolute Gasteiger partial charge is 0.311 e. The van der Waals surface area contributed by atoms with Crippen molar-refractivity contribution >= 4 is 11.4 Å². The molecule has 2 aromatic rings. The fourth-order valence-corrected chi connectivity index (χ4v) is 2.26. The topological polar surface area (TPSA) is 3.24 Å². The van der Waals surface area contributed by atoms with E-state index in [1.54, 1.807) is 6.08 Å². The first-order valence-electron chi connectivity index (χ1n) is 7.13. The Kier molecular flexibility index (Phi) is 5.16. The standard InChI is InChI=1S/C20H21N/c1-4-6-12-18(5-2)21(19-13-8-7-9-14-19)20-15-10-11-17(3)16-20/h4-16H,1H2,2-3H3/b12-6-,18-5+. The number of rotatable bonds is 5. The van der Waals surface area contributed by atoms with Gasteiger partial charge in [0, 0.05) is 17.1 Å². The minimum absolute atomic E-state index is 1.12. The van der Waals surface area contributed by atoms with E-state index in [9.17, 15) is 0 Å². The number of anilines is 2. The predicted molar refractivity (Wildman–Crippen MR) is 92.9 cm³/mol. The van der Waals surface area contributed by atoms with E-state index in [1.807, 2.05) is 12.1 Å². The third-order valence-electron chi connectivity index (χ3n) is 3.23. The van der Waals surface area contributed by atoms with Gasteiger partial charge in [-0.3, -0.25) is 0 Å². The summed E-state index contributed by atoms with van der Waals surface area (Å²) in [6, 6.07) is 18.9. The lowest BCUT2D eigenvalue weighted by Gasteiger charge is -2.26. The molecule has 0 saturated carbocycles. The number of benzene rings is 2. The zero-order valence-electron chi connectivity index (χ0n) is 12.7. The van der Waals surface area contributed by atoms with Gasteiger partial charge in [0.25, 0.3) is 0 Å². The quantitative estimate of drug-likeness (QED) is 0.625. The van der Waals surface area contributed by atoms with E-state index in [1.165, 1.54) is 5.56 Å². The van der Waals surface area contributed by atoms with Crippen LogP contribution in [0.5, 0.6) is 0 Å². The van der Waals surface area contributed by atoms with Gasteiger partial charge in [0.2, 0.25) is 0 Å². The Balaban J connectivity index is 2.54. The number of allylic oxidation sites excluding steroid dienone is 4. The number of aryl methyl sites for hydroxylation is 1. The molecule has 0 atom stereocenters. The molecule has 0 aliphatic heterocycles. The van der Waals surface area contributed by atoms with Crippen LogP contribution in [0.3, 0.4) is 0 Å². The normalized spacial score (nSPS) is 11.6. The maximum Gasteiger partial charge on any atom is 0.0464 e. The first-order chi connectivity index (χ1) is 10.3. The molecule has 0 heterocycles. The van der Waals surface area contributed by atoms with Gasteiger partial charge in [-0.25, -0.2) is 0 Å². The average Bonchev–Trinajstić information content (AvgIpc) is 2.52. The zero-order chi connectivity index (χ0) is 15.1. The fourth-order valence-electron chi connectivity index (χ4n) is 2.26. The van der Waals surface area contributed by atoms with Crippen molar-refractivity contribution in [3.63, 3.8) is 0 Å². The molecule has 0 amide bonds. The van der Waals surface area contributed by atoms with E-state index >= 15 is 0 Å². The highest BCUT2D eigenvalue weighted by Crippen LogP contribution is 2.30. The Labute approximate surface area is 127 Å². The van der Waals surface area contributed by atoms with Crippen molar-refractivity contribution in [3.05, 3.63) is 96.7 Å². The molecule has 0 spiro atoms. The number of hydrogen-bond donors (Lipinski definition) is 0. The van der Waals surface area contributed by atoms with E-state index in [2.05, 4.69) is 86.0 Å². The van der Waals surface area contributed by atoms with E-state index in [4.69, 9.17) is 0 Å². The first-order valence-corrected chi connectivity index (χ1v) is 7.13. The van der Waals surface area contributed by atoms with Crippen LogP contribution in [0.15, 0.2) is 91.2 Å². The highest BCUT2D eigenvalue weighted by Gasteiger charge is 2.11. The Bertz CT molecular complexity index is 651. The van der Waals surface area contributed by atoms with Crippen LogP contribution in [-0.2, 0) is 0 Å². The summed E-state index contributed by atoms with van der Waals surface area (Å²) in [7, 11) is 0. The van der Waals surface area contributed by atoms with Crippen LogP contribution < -0.4 is 4.90 Å². The number of nitrogens with zero attached hydrogens (tertiary/aromatic N) is 1. The smallest absolute Gasteiger partial charge is 0.0464 e. The SMILES string of the molecule is C=C/C=C\C(=C/C)N(c1ccccc1)c1cccc(C)c1. The molecule has 0 bridgehead atoms. The fraction of sp³-hybridized carbons (Fsp3) is 0.100. The summed E-state index contributed by atoms with van der Waals surface area (Å²) in [5.74, 6) is 0. The van der Waals surface area contributed by atoms with Crippen molar-refractivity contribution in [1.29, 1.82) is 0 Å². The molecule has 0 saturated heterocycles. The van der Waals surface area contributed by atoms with Crippen molar-refractivity contribution < 1.29 is 0 Å². The number of hydrogen-bond acceptors (Lipinski definition) is 1. The average molecular weight is 275 g/mol. The van der Waals surface area contributed by atoms with Crippen molar-refractivity contribution in [1.82, 2.24) is 0 Å². The monoisotopic (exact) mass is 275 g/mol. The van der Waals surface area contributed by atoms with Gasteiger partial charge < -0.3 is 4.90 Å². The van der Waals surface area contributed by atoms with Gasteiger partial charge >= 0.3 is 0 Å². The van der Waals surface area contributed by atoms with E-state index < -0.39 is 0 Å². The summed E-state index contributed by atoms with van der Waals surface area (Å²) in [6.07, 6.45) is 7.93. The second kappa shape index (κ2) is 7.30. The summed E-state index contributed by atoms with van der Waals surface area (Å²) in [6.45, 7) is 7.92. The summed E-state index contributed by atoms with van der Waals surface area (Å²) in [4.78, 5) is 2.24. The minimum atomic E-state index is 1.12. The lowest BCUT2D eigenvalue weighted by molar-refractivity contribution is 1.19. The molecule has 0 aliphatic rings. The zero-order valence-corrected chi connectivity index (χ0v) is 12.7. The molecule has 1 nitrogen and oxygen atoms in total. The Morgan fingerprint density at radius 3 is 2.33 bits per heavy atom. The van der Waals surface area contributed by atoms with Gasteiger partial charge in [0.15, 0.2) is 0 Å². The Morgan fingerprint density at radius 1 is 1.00 bits per heavy atom. The maximum absolute atomic E-state index is 3.75. The molecule has 0 N–H and O–H groups in total. The van der Waals surface area contributed by atoms with Gasteiger partial charge in [-0.1, -0.05) is 55.1 Å². The molecule has 106 valence electrons. The molecule has 2 aromatic carbocycles. The van der Waals surface area contributed by atoms with E-state index in [0.29, 0.717) is 0 Å². The van der Waals surface area contributed by atoms with Crippen molar-refractivity contribution in [2.45, 2.75) is 13.8 Å². The summed E-state index contributed by atoms with van der Waals surface area (Å²) in [5.41, 5.74) is 4.66. The van der Waals surface area contributed by atoms with Gasteiger partial charge in [-0.15, -0.1) is 0 Å². The third kappa shape index (κ3) is 3.73. The molecular formula is C20H21N. The van der Waals surface area contributed by atoms with E-state index in [-0.39, 0.29) is 0 Å². The van der Waals surface area contributed by atoms with Gasteiger partial charge in [0.1, 0.15) is 0 Å². The van der Waals surface area contributed by atoms with Gasteiger partial charge in [-0.05, 0) is 49.8 Å². The second-order valence-electron chi connectivity index (χ2n) is 4.82. The minimum Gasteiger partial charge on any atom is -0.311 e. The van der Waals surface area contributed by atoms with Crippen LogP contribution in [0.1, 0.15) is 12.5 Å². The van der Waals surface area contributed by atoms with Crippen LogP contribution in [0.25, 0.3) is 0 Å². The maximum atomic E-state index is 3.75. The van der Waals surface area contributed by atoms with Crippen molar-refractivity contribution in [2.75, 3.05) is 4.90 Å². The molecule has 0 unspecified atom stereocenters. The number of para-hydroxylation sites is 1. The molecule has 1 heteroatoms. The molecule has 0 aromatic heterocycles. The second-order valence-corrected chi connectivity index (χ2v) is 4.82. The van der Waals surface area contributed by atoms with Crippen LogP contribution in [-0.4, -0.2) is 0 Å².